The van der Waals surface area contributed by atoms with Crippen LogP contribution < -0.4 is 10.5 Å². The van der Waals surface area contributed by atoms with Gasteiger partial charge in [-0.1, -0.05) is 11.6 Å². The first kappa shape index (κ1) is 13.0. The number of nitro benzene ring substituents is 1. The van der Waals surface area contributed by atoms with Gasteiger partial charge >= 0.3 is 0 Å². The van der Waals surface area contributed by atoms with Crippen molar-refractivity contribution >= 4 is 23.1 Å². The van der Waals surface area contributed by atoms with Crippen LogP contribution in [0, 0.1) is 17.0 Å². The van der Waals surface area contributed by atoms with Crippen molar-refractivity contribution in [2.24, 2.45) is 0 Å². The lowest BCUT2D eigenvalue weighted by Crippen LogP contribution is -1.98. The molecule has 1 aromatic carbocycles. The number of ether oxygens (including phenoxy) is 1. The summed E-state index contributed by atoms with van der Waals surface area (Å²) in [5.41, 5.74) is 6.14. The Balaban J connectivity index is 2.40. The summed E-state index contributed by atoms with van der Waals surface area (Å²) in [7, 11) is 0. The Bertz CT molecular complexity index is 648. The molecule has 19 heavy (non-hydrogen) atoms. The molecule has 7 nitrogen and oxygen atoms in total. The fourth-order valence-corrected chi connectivity index (χ4v) is 1.49. The fraction of sp³-hybridized carbons (Fsp3) is 0.0909. The first-order valence-electron chi connectivity index (χ1n) is 5.18. The summed E-state index contributed by atoms with van der Waals surface area (Å²) in [5.74, 6) is 0.418. The minimum absolute atomic E-state index is 0.0535. The molecule has 0 saturated carbocycles. The number of nitrogens with two attached hydrogens (primary N) is 1. The Hall–Kier alpha value is -2.41. The second-order valence-electron chi connectivity index (χ2n) is 3.69. The number of aromatic nitrogens is 2. The number of nitrogen functional groups attached to an aromatic ring is 1. The molecule has 0 spiro atoms. The standard InChI is InChI=1S/C11H9ClN4O3/c1-6-2-3-7(16(17)18)4-8(6)19-11-9(12)10(13)14-5-15-11/h2-5H,1H3,(H2,13,14,15). The molecule has 0 fully saturated rings. The molecule has 2 N–H and O–H groups in total. The molecule has 0 radical (unpaired) electrons. The number of hydrogen-bond acceptors (Lipinski definition) is 6. The third-order valence-corrected chi connectivity index (χ3v) is 2.73. The zero-order chi connectivity index (χ0) is 14.0. The molecular weight excluding hydrogens is 272 g/mol. The molecule has 2 aromatic rings. The van der Waals surface area contributed by atoms with Gasteiger partial charge < -0.3 is 10.5 Å². The number of halogens is 1. The minimum Gasteiger partial charge on any atom is -0.437 e. The monoisotopic (exact) mass is 280 g/mol. The first-order chi connectivity index (χ1) is 8.99. The van der Waals surface area contributed by atoms with Gasteiger partial charge in [0.05, 0.1) is 11.0 Å². The van der Waals surface area contributed by atoms with Crippen molar-refractivity contribution in [3.05, 3.63) is 45.2 Å². The van der Waals surface area contributed by atoms with Gasteiger partial charge in [-0.25, -0.2) is 4.98 Å². The smallest absolute Gasteiger partial charge is 0.273 e. The van der Waals surface area contributed by atoms with Gasteiger partial charge in [0, 0.05) is 6.07 Å². The van der Waals surface area contributed by atoms with E-state index in [1.54, 1.807) is 13.0 Å². The highest BCUT2D eigenvalue weighted by molar-refractivity contribution is 6.34. The molecule has 0 saturated heterocycles. The van der Waals surface area contributed by atoms with Gasteiger partial charge in [-0.2, -0.15) is 4.98 Å². The van der Waals surface area contributed by atoms with Gasteiger partial charge in [0.25, 0.3) is 5.69 Å². The number of nitro groups is 1. The summed E-state index contributed by atoms with van der Waals surface area (Å²) in [6.45, 7) is 1.75. The SMILES string of the molecule is Cc1ccc([N+](=O)[O-])cc1Oc1ncnc(N)c1Cl. The van der Waals surface area contributed by atoms with Crippen LogP contribution in [0.2, 0.25) is 5.02 Å². The predicted molar refractivity (Wildman–Crippen MR) is 69.4 cm³/mol. The average molecular weight is 281 g/mol. The maximum absolute atomic E-state index is 10.7. The van der Waals surface area contributed by atoms with Crippen LogP contribution in [0.4, 0.5) is 11.5 Å². The summed E-state index contributed by atoms with van der Waals surface area (Å²) in [6.07, 6.45) is 1.20. The highest BCUT2D eigenvalue weighted by atomic mass is 35.5. The summed E-state index contributed by atoms with van der Waals surface area (Å²) in [4.78, 5) is 17.7. The normalized spacial score (nSPS) is 10.2. The van der Waals surface area contributed by atoms with Crippen LogP contribution in [0.25, 0.3) is 0 Å². The topological polar surface area (TPSA) is 104 Å². The van der Waals surface area contributed by atoms with Gasteiger partial charge in [-0.3, -0.25) is 10.1 Å². The van der Waals surface area contributed by atoms with E-state index in [9.17, 15) is 10.1 Å². The van der Waals surface area contributed by atoms with Crippen molar-refractivity contribution in [2.45, 2.75) is 6.92 Å². The number of aryl methyl sites for hydroxylation is 1. The second kappa shape index (κ2) is 5.07. The Morgan fingerprint density at radius 1 is 1.42 bits per heavy atom. The molecule has 0 unspecified atom stereocenters. The Kier molecular flexibility index (Phi) is 3.48. The zero-order valence-electron chi connectivity index (χ0n) is 9.83. The summed E-state index contributed by atoms with van der Waals surface area (Å²) in [5, 5.41) is 10.8. The predicted octanol–water partition coefficient (Wildman–Crippen LogP) is 2.72. The molecule has 0 aliphatic heterocycles. The van der Waals surface area contributed by atoms with E-state index >= 15 is 0 Å². The van der Waals surface area contributed by atoms with Crippen LogP contribution in [0.3, 0.4) is 0 Å². The second-order valence-corrected chi connectivity index (χ2v) is 4.06. The van der Waals surface area contributed by atoms with Crippen LogP contribution >= 0.6 is 11.6 Å². The van der Waals surface area contributed by atoms with E-state index in [2.05, 4.69) is 9.97 Å². The molecule has 0 amide bonds. The van der Waals surface area contributed by atoms with Crippen LogP contribution in [0.15, 0.2) is 24.5 Å². The van der Waals surface area contributed by atoms with Gasteiger partial charge in [0.15, 0.2) is 0 Å². The molecule has 2 rings (SSSR count). The first-order valence-corrected chi connectivity index (χ1v) is 5.55. The molecule has 8 heteroatoms. The third kappa shape index (κ3) is 2.71. The Morgan fingerprint density at radius 2 is 2.16 bits per heavy atom. The lowest BCUT2D eigenvalue weighted by Gasteiger charge is -2.09. The molecule has 0 bridgehead atoms. The summed E-state index contributed by atoms with van der Waals surface area (Å²) in [6, 6.07) is 4.26. The molecule has 1 heterocycles. The number of benzene rings is 1. The van der Waals surface area contributed by atoms with Gasteiger partial charge in [-0.15, -0.1) is 0 Å². The van der Waals surface area contributed by atoms with Crippen molar-refractivity contribution in [3.63, 3.8) is 0 Å². The van der Waals surface area contributed by atoms with E-state index < -0.39 is 4.92 Å². The van der Waals surface area contributed by atoms with Crippen molar-refractivity contribution < 1.29 is 9.66 Å². The van der Waals surface area contributed by atoms with Crippen molar-refractivity contribution in [2.75, 3.05) is 5.73 Å². The van der Waals surface area contributed by atoms with E-state index in [0.29, 0.717) is 5.56 Å². The average Bonchev–Trinajstić information content (AvgIpc) is 2.37. The number of non-ortho nitro benzene ring substituents is 1. The summed E-state index contributed by atoms with van der Waals surface area (Å²) < 4.78 is 5.44. The highest BCUT2D eigenvalue weighted by Crippen LogP contribution is 2.33. The largest absolute Gasteiger partial charge is 0.437 e. The van der Waals surface area contributed by atoms with E-state index in [1.165, 1.54) is 18.5 Å². The number of nitrogens with zero attached hydrogens (tertiary/aromatic N) is 3. The lowest BCUT2D eigenvalue weighted by atomic mass is 10.2. The fourth-order valence-electron chi connectivity index (χ4n) is 1.35. The Labute approximate surface area is 113 Å². The molecule has 98 valence electrons. The van der Waals surface area contributed by atoms with Gasteiger partial charge in [0.1, 0.15) is 22.9 Å². The third-order valence-electron chi connectivity index (χ3n) is 2.37. The number of anilines is 1. The number of rotatable bonds is 3. The number of hydrogen-bond donors (Lipinski definition) is 1. The summed E-state index contributed by atoms with van der Waals surface area (Å²) >= 11 is 5.89. The molecular formula is C11H9ClN4O3. The quantitative estimate of drug-likeness (QED) is 0.684. The lowest BCUT2D eigenvalue weighted by molar-refractivity contribution is -0.384. The molecule has 0 aliphatic carbocycles. The molecule has 0 atom stereocenters. The van der Waals surface area contributed by atoms with Crippen LogP contribution in [-0.2, 0) is 0 Å². The van der Waals surface area contributed by atoms with Crippen molar-refractivity contribution in [3.8, 4) is 11.6 Å². The van der Waals surface area contributed by atoms with E-state index in [4.69, 9.17) is 22.1 Å². The van der Waals surface area contributed by atoms with Crippen molar-refractivity contribution in [1.82, 2.24) is 9.97 Å². The van der Waals surface area contributed by atoms with E-state index in [0.717, 1.165) is 0 Å². The van der Waals surface area contributed by atoms with Crippen molar-refractivity contribution in [1.29, 1.82) is 0 Å². The molecule has 1 aromatic heterocycles. The zero-order valence-corrected chi connectivity index (χ0v) is 10.6. The van der Waals surface area contributed by atoms with Gasteiger partial charge in [-0.05, 0) is 18.6 Å². The van der Waals surface area contributed by atoms with E-state index in [-0.39, 0.29) is 28.2 Å². The van der Waals surface area contributed by atoms with Gasteiger partial charge in [0.2, 0.25) is 5.88 Å². The van der Waals surface area contributed by atoms with Crippen LogP contribution in [-0.4, -0.2) is 14.9 Å². The minimum atomic E-state index is -0.512. The van der Waals surface area contributed by atoms with Crippen LogP contribution in [0.1, 0.15) is 5.56 Å². The molecule has 0 aliphatic rings. The maximum Gasteiger partial charge on any atom is 0.273 e. The van der Waals surface area contributed by atoms with Crippen LogP contribution in [0.5, 0.6) is 11.6 Å². The van der Waals surface area contributed by atoms with E-state index in [1.807, 2.05) is 0 Å². The maximum atomic E-state index is 10.7. The highest BCUT2D eigenvalue weighted by Gasteiger charge is 2.14. The Morgan fingerprint density at radius 3 is 2.84 bits per heavy atom.